The van der Waals surface area contributed by atoms with Gasteiger partial charge in [0.15, 0.2) is 0 Å². The van der Waals surface area contributed by atoms with Gasteiger partial charge in [-0.25, -0.2) is 9.59 Å². The fourth-order valence-electron chi connectivity index (χ4n) is 2.86. The first-order valence-electron chi connectivity index (χ1n) is 10.8. The zero-order valence-corrected chi connectivity index (χ0v) is 18.5. The third kappa shape index (κ3) is 8.67. The molecule has 0 fully saturated rings. The van der Waals surface area contributed by atoms with E-state index in [2.05, 4.69) is 6.58 Å². The summed E-state index contributed by atoms with van der Waals surface area (Å²) < 4.78 is 16.0. The summed E-state index contributed by atoms with van der Waals surface area (Å²) in [4.78, 5) is 23.1. The Bertz CT molecular complexity index is 837. The first-order chi connectivity index (χ1) is 15.0. The van der Waals surface area contributed by atoms with E-state index in [1.807, 2.05) is 43.3 Å². The molecule has 0 bridgehead atoms. The highest BCUT2D eigenvalue weighted by Crippen LogP contribution is 2.23. The van der Waals surface area contributed by atoms with E-state index >= 15 is 0 Å². The molecule has 0 aliphatic heterocycles. The third-order valence-corrected chi connectivity index (χ3v) is 4.63. The molecule has 0 radical (unpaired) electrons. The second-order valence-corrected chi connectivity index (χ2v) is 7.42. The van der Waals surface area contributed by atoms with Crippen molar-refractivity contribution in [3.63, 3.8) is 0 Å². The van der Waals surface area contributed by atoms with Gasteiger partial charge in [-0.2, -0.15) is 0 Å². The van der Waals surface area contributed by atoms with Crippen molar-refractivity contribution < 1.29 is 23.8 Å². The van der Waals surface area contributed by atoms with Crippen molar-refractivity contribution in [2.45, 2.75) is 46.0 Å². The van der Waals surface area contributed by atoms with E-state index in [4.69, 9.17) is 14.2 Å². The van der Waals surface area contributed by atoms with E-state index in [0.29, 0.717) is 31.0 Å². The number of unbranched alkanes of at least 4 members (excludes halogenated alkanes) is 3. The predicted molar refractivity (Wildman–Crippen MR) is 122 cm³/mol. The van der Waals surface area contributed by atoms with E-state index in [-0.39, 0.29) is 11.9 Å². The maximum absolute atomic E-state index is 11.9. The van der Waals surface area contributed by atoms with Crippen molar-refractivity contribution in [1.29, 1.82) is 0 Å². The van der Waals surface area contributed by atoms with Gasteiger partial charge in [-0.15, -0.1) is 0 Å². The monoisotopic (exact) mass is 424 g/mol. The van der Waals surface area contributed by atoms with Gasteiger partial charge in [0.1, 0.15) is 5.75 Å². The van der Waals surface area contributed by atoms with E-state index in [1.165, 1.54) is 0 Å². The number of carbonyl (C=O) groups excluding carboxylic acids is 2. The molecule has 0 atom stereocenters. The summed E-state index contributed by atoms with van der Waals surface area (Å²) >= 11 is 0. The highest BCUT2D eigenvalue weighted by atomic mass is 16.5. The Morgan fingerprint density at radius 1 is 0.774 bits per heavy atom. The van der Waals surface area contributed by atoms with Crippen LogP contribution in [0.3, 0.4) is 0 Å². The molecule has 0 aliphatic carbocycles. The van der Waals surface area contributed by atoms with Crippen molar-refractivity contribution >= 4 is 11.9 Å². The molecule has 2 aromatic rings. The second kappa shape index (κ2) is 13.3. The van der Waals surface area contributed by atoms with E-state index in [1.54, 1.807) is 19.1 Å². The quantitative estimate of drug-likeness (QED) is 0.225. The standard InChI is InChI=1S/C26H32O5/c1-4-17-30-26(28)23-11-9-21(10-12-23)22-13-15-24(16-14-22)29-18-7-5-6-8-19-31-25(27)20(2)3/h9-16H,2,4-8,17-19H2,1,3H3. The number of hydrogen-bond donors (Lipinski definition) is 0. The average molecular weight is 425 g/mol. The van der Waals surface area contributed by atoms with E-state index in [9.17, 15) is 9.59 Å². The number of ether oxygens (including phenoxy) is 3. The van der Waals surface area contributed by atoms with Gasteiger partial charge in [0.05, 0.1) is 25.4 Å². The zero-order chi connectivity index (χ0) is 22.5. The van der Waals surface area contributed by atoms with Gasteiger partial charge in [0.2, 0.25) is 0 Å². The number of benzene rings is 2. The summed E-state index contributed by atoms with van der Waals surface area (Å²) in [7, 11) is 0. The van der Waals surface area contributed by atoms with Gasteiger partial charge in [0, 0.05) is 5.57 Å². The van der Waals surface area contributed by atoms with Crippen LogP contribution in [0.1, 0.15) is 56.3 Å². The Hall–Kier alpha value is -3.08. The summed E-state index contributed by atoms with van der Waals surface area (Å²) in [6.45, 7) is 8.70. The number of rotatable bonds is 13. The fourth-order valence-corrected chi connectivity index (χ4v) is 2.86. The van der Waals surface area contributed by atoms with Gasteiger partial charge < -0.3 is 14.2 Å². The molecule has 0 unspecified atom stereocenters. The topological polar surface area (TPSA) is 61.8 Å². The van der Waals surface area contributed by atoms with Gasteiger partial charge >= 0.3 is 11.9 Å². The molecule has 2 aromatic carbocycles. The molecule has 5 heteroatoms. The molecule has 0 saturated carbocycles. The van der Waals surface area contributed by atoms with Crippen molar-refractivity contribution in [2.24, 2.45) is 0 Å². The lowest BCUT2D eigenvalue weighted by Crippen LogP contribution is -2.06. The van der Waals surface area contributed by atoms with Crippen LogP contribution in [0, 0.1) is 0 Å². The molecule has 5 nitrogen and oxygen atoms in total. The third-order valence-electron chi connectivity index (χ3n) is 4.63. The molecule has 0 saturated heterocycles. The van der Waals surface area contributed by atoms with Crippen molar-refractivity contribution in [3.8, 4) is 16.9 Å². The minimum Gasteiger partial charge on any atom is -0.494 e. The van der Waals surface area contributed by atoms with E-state index < -0.39 is 0 Å². The van der Waals surface area contributed by atoms with Gasteiger partial charge in [-0.05, 0) is 74.4 Å². The molecule has 2 rings (SSSR count). The SMILES string of the molecule is C=C(C)C(=O)OCCCCCCOc1ccc(-c2ccc(C(=O)OCCC)cc2)cc1. The van der Waals surface area contributed by atoms with Crippen LogP contribution < -0.4 is 4.74 Å². The molecule has 0 heterocycles. The largest absolute Gasteiger partial charge is 0.494 e. The molecule has 31 heavy (non-hydrogen) atoms. The highest BCUT2D eigenvalue weighted by molar-refractivity contribution is 5.90. The van der Waals surface area contributed by atoms with Gasteiger partial charge in [0.25, 0.3) is 0 Å². The van der Waals surface area contributed by atoms with Crippen LogP contribution in [0.5, 0.6) is 5.75 Å². The van der Waals surface area contributed by atoms with Crippen LogP contribution in [0.15, 0.2) is 60.7 Å². The average Bonchev–Trinajstić information content (AvgIpc) is 2.79. The Labute approximate surface area is 185 Å². The fraction of sp³-hybridized carbons (Fsp3) is 0.385. The minimum atomic E-state index is -0.322. The Balaban J connectivity index is 1.68. The van der Waals surface area contributed by atoms with Crippen LogP contribution in [0.4, 0.5) is 0 Å². The van der Waals surface area contributed by atoms with Crippen LogP contribution in [0.25, 0.3) is 11.1 Å². The molecule has 0 aromatic heterocycles. The molecular formula is C26H32O5. The predicted octanol–water partition coefficient (Wildman–Crippen LogP) is 5.98. The zero-order valence-electron chi connectivity index (χ0n) is 18.5. The van der Waals surface area contributed by atoms with Crippen LogP contribution >= 0.6 is 0 Å². The Morgan fingerprint density at radius 2 is 1.35 bits per heavy atom. The molecule has 0 amide bonds. The summed E-state index contributed by atoms with van der Waals surface area (Å²) in [6, 6.07) is 15.4. The first kappa shape index (κ1) is 24.2. The maximum atomic E-state index is 11.9. The van der Waals surface area contributed by atoms with Crippen molar-refractivity contribution in [1.82, 2.24) is 0 Å². The minimum absolute atomic E-state index is 0.287. The van der Waals surface area contributed by atoms with Gasteiger partial charge in [-0.3, -0.25) is 0 Å². The summed E-state index contributed by atoms with van der Waals surface area (Å²) in [5, 5.41) is 0. The first-order valence-corrected chi connectivity index (χ1v) is 10.8. The number of esters is 2. The van der Waals surface area contributed by atoms with Crippen LogP contribution in [-0.2, 0) is 14.3 Å². The summed E-state index contributed by atoms with van der Waals surface area (Å²) in [5.41, 5.74) is 3.09. The lowest BCUT2D eigenvalue weighted by atomic mass is 10.0. The normalized spacial score (nSPS) is 10.4. The Kier molecular flexibility index (Phi) is 10.4. The molecule has 0 N–H and O–H groups in total. The van der Waals surface area contributed by atoms with Crippen LogP contribution in [0.2, 0.25) is 0 Å². The second-order valence-electron chi connectivity index (χ2n) is 7.42. The molecule has 0 spiro atoms. The summed E-state index contributed by atoms with van der Waals surface area (Å²) in [5.74, 6) is 0.223. The molecule has 166 valence electrons. The lowest BCUT2D eigenvalue weighted by molar-refractivity contribution is -0.139. The lowest BCUT2D eigenvalue weighted by Gasteiger charge is -2.08. The van der Waals surface area contributed by atoms with E-state index in [0.717, 1.165) is 49.0 Å². The molecular weight excluding hydrogens is 392 g/mol. The number of carbonyl (C=O) groups is 2. The van der Waals surface area contributed by atoms with Gasteiger partial charge in [-0.1, -0.05) is 37.8 Å². The van der Waals surface area contributed by atoms with Crippen molar-refractivity contribution in [3.05, 3.63) is 66.2 Å². The van der Waals surface area contributed by atoms with Crippen molar-refractivity contribution in [2.75, 3.05) is 19.8 Å². The summed E-state index contributed by atoms with van der Waals surface area (Å²) in [6.07, 6.45) is 4.63. The van der Waals surface area contributed by atoms with Crippen LogP contribution in [-0.4, -0.2) is 31.8 Å². The Morgan fingerprint density at radius 3 is 1.94 bits per heavy atom. The molecule has 0 aliphatic rings. The smallest absolute Gasteiger partial charge is 0.338 e. The number of hydrogen-bond acceptors (Lipinski definition) is 5. The maximum Gasteiger partial charge on any atom is 0.338 e. The highest BCUT2D eigenvalue weighted by Gasteiger charge is 2.07.